The minimum Gasteiger partial charge on any atom is -0.481 e. The normalized spacial score (nSPS) is 41.9. The molecule has 0 aromatic heterocycles. The molecule has 5 aliphatic heterocycles. The number of carbonyl (C=O) groups is 3. The fourth-order valence-corrected chi connectivity index (χ4v) is 11.2. The summed E-state index contributed by atoms with van der Waals surface area (Å²) in [6.07, 6.45) is 5.50. The monoisotopic (exact) mass is 865 g/mol. The van der Waals surface area contributed by atoms with Gasteiger partial charge in [0.15, 0.2) is 5.79 Å². The van der Waals surface area contributed by atoms with Gasteiger partial charge in [0.1, 0.15) is 24.1 Å². The second kappa shape index (κ2) is 19.2. The van der Waals surface area contributed by atoms with E-state index in [9.17, 15) is 29.7 Å². The predicted molar refractivity (Wildman–Crippen MR) is 228 cm³/mol. The number of Topliss-reactive ketones (excluding diaryl/α,β-unsaturated/α-hetero) is 1. The summed E-state index contributed by atoms with van der Waals surface area (Å²) in [5.74, 6) is -6.64. The Morgan fingerprint density at radius 3 is 2.15 bits per heavy atom. The SMILES string of the molecule is CC[C@@H](C(=O)[C@@H](C)[C@@H](O)[C@H](C)[C@@H]1O[C@@H]([C@@H](CC)C(=O)O)CC[C@@H]1C)[C@H]1O[C@]2(C=C[C@@H](OCC(=O)OC(C)(C)C)[C@]3(CC[C@@](C)([C@H]4CC[C@](O)(CC)[C@H](C)O4)O3)O2)[C@H](C)C[C@@H]1C. The minimum absolute atomic E-state index is 0.0287. The van der Waals surface area contributed by atoms with Crippen LogP contribution in [-0.2, 0) is 47.5 Å². The molecule has 13 nitrogen and oxygen atoms in total. The van der Waals surface area contributed by atoms with Crippen molar-refractivity contribution in [1.29, 1.82) is 0 Å². The van der Waals surface area contributed by atoms with Crippen molar-refractivity contribution in [3.63, 3.8) is 0 Å². The van der Waals surface area contributed by atoms with Gasteiger partial charge < -0.3 is 48.5 Å². The van der Waals surface area contributed by atoms with Gasteiger partial charge in [-0.2, -0.15) is 0 Å². The highest BCUT2D eigenvalue weighted by Crippen LogP contribution is 2.54. The molecule has 5 rings (SSSR count). The summed E-state index contributed by atoms with van der Waals surface area (Å²) in [6.45, 7) is 24.7. The van der Waals surface area contributed by atoms with Gasteiger partial charge in [-0.1, -0.05) is 55.4 Å². The third kappa shape index (κ3) is 10.5. The van der Waals surface area contributed by atoms with E-state index in [1.54, 1.807) is 27.7 Å². The van der Waals surface area contributed by atoms with Crippen LogP contribution in [-0.4, -0.2) is 111 Å². The van der Waals surface area contributed by atoms with E-state index in [1.807, 2.05) is 53.7 Å². The number of carboxylic acids is 1. The molecule has 4 fully saturated rings. The zero-order chi connectivity index (χ0) is 45.5. The Bertz CT molecular complexity index is 1560. The first-order valence-electron chi connectivity index (χ1n) is 23.5. The molecule has 0 aromatic carbocycles. The van der Waals surface area contributed by atoms with Crippen LogP contribution in [0.25, 0.3) is 0 Å². The number of carbonyl (C=O) groups excluding carboxylic acids is 2. The van der Waals surface area contributed by atoms with E-state index in [0.717, 1.165) is 6.42 Å². The molecule has 18 atom stereocenters. The van der Waals surface area contributed by atoms with Crippen molar-refractivity contribution in [2.24, 2.45) is 41.4 Å². The number of ketones is 1. The Labute approximate surface area is 365 Å². The quantitative estimate of drug-likeness (QED) is 0.109. The molecule has 350 valence electrons. The Morgan fingerprint density at radius 2 is 1.56 bits per heavy atom. The molecule has 0 unspecified atom stereocenters. The van der Waals surface area contributed by atoms with Crippen molar-refractivity contribution in [2.75, 3.05) is 6.61 Å². The Balaban J connectivity index is 1.39. The molecule has 0 radical (unpaired) electrons. The number of aliphatic hydroxyl groups is 2. The highest BCUT2D eigenvalue weighted by atomic mass is 16.8. The summed E-state index contributed by atoms with van der Waals surface area (Å²) in [6, 6.07) is 0. The third-order valence-corrected chi connectivity index (χ3v) is 15.2. The topological polar surface area (TPSA) is 177 Å². The molecule has 3 N–H and O–H groups in total. The molecule has 13 heteroatoms. The lowest BCUT2D eigenvalue weighted by Gasteiger charge is -2.54. The van der Waals surface area contributed by atoms with Gasteiger partial charge in [0, 0.05) is 30.1 Å². The van der Waals surface area contributed by atoms with Gasteiger partial charge in [0.05, 0.1) is 53.7 Å². The molecule has 0 saturated carbocycles. The van der Waals surface area contributed by atoms with Crippen LogP contribution in [0.4, 0.5) is 0 Å². The fraction of sp³-hybridized carbons (Fsp3) is 0.896. The van der Waals surface area contributed by atoms with Crippen LogP contribution in [0.2, 0.25) is 0 Å². The maximum Gasteiger partial charge on any atom is 0.332 e. The van der Waals surface area contributed by atoms with Gasteiger partial charge in [-0.05, 0) is 116 Å². The highest BCUT2D eigenvalue weighted by molar-refractivity contribution is 5.84. The predicted octanol–water partition coefficient (Wildman–Crippen LogP) is 7.55. The molecule has 5 heterocycles. The number of hydrogen-bond donors (Lipinski definition) is 3. The lowest BCUT2D eigenvalue weighted by Crippen LogP contribution is -2.63. The molecule has 0 amide bonds. The van der Waals surface area contributed by atoms with Gasteiger partial charge in [0.2, 0.25) is 5.79 Å². The van der Waals surface area contributed by atoms with Gasteiger partial charge in [-0.25, -0.2) is 4.79 Å². The molecular formula is C48H80O13. The molecular weight excluding hydrogens is 785 g/mol. The van der Waals surface area contributed by atoms with Crippen molar-refractivity contribution in [3.05, 3.63) is 12.2 Å². The first-order valence-corrected chi connectivity index (χ1v) is 23.5. The summed E-state index contributed by atoms with van der Waals surface area (Å²) in [5, 5.41) is 32.9. The van der Waals surface area contributed by atoms with Crippen LogP contribution in [0.1, 0.15) is 154 Å². The average molecular weight is 865 g/mol. The molecule has 0 bridgehead atoms. The van der Waals surface area contributed by atoms with E-state index in [4.69, 9.17) is 33.2 Å². The van der Waals surface area contributed by atoms with Crippen molar-refractivity contribution in [2.45, 2.75) is 225 Å². The summed E-state index contributed by atoms with van der Waals surface area (Å²) >= 11 is 0. The van der Waals surface area contributed by atoms with Crippen LogP contribution in [0.3, 0.4) is 0 Å². The molecule has 61 heavy (non-hydrogen) atoms. The molecule has 4 saturated heterocycles. The van der Waals surface area contributed by atoms with Crippen molar-refractivity contribution >= 4 is 17.7 Å². The number of ether oxygens (including phenoxy) is 7. The van der Waals surface area contributed by atoms with Crippen LogP contribution in [0.15, 0.2) is 12.2 Å². The van der Waals surface area contributed by atoms with Gasteiger partial charge in [0.25, 0.3) is 0 Å². The van der Waals surface area contributed by atoms with Crippen molar-refractivity contribution < 1.29 is 62.9 Å². The van der Waals surface area contributed by atoms with Crippen LogP contribution in [0, 0.1) is 41.4 Å². The van der Waals surface area contributed by atoms with E-state index >= 15 is 0 Å². The first-order chi connectivity index (χ1) is 28.4. The summed E-state index contributed by atoms with van der Waals surface area (Å²) < 4.78 is 46.3. The maximum absolute atomic E-state index is 14.7. The largest absolute Gasteiger partial charge is 0.481 e. The molecule has 0 aliphatic carbocycles. The molecule has 5 aliphatic rings. The lowest BCUT2D eigenvalue weighted by molar-refractivity contribution is -0.411. The van der Waals surface area contributed by atoms with Crippen molar-refractivity contribution in [1.82, 2.24) is 0 Å². The number of rotatable bonds is 15. The standard InChI is InChI=1S/C48H80O13/c1-14-33(43(52)53)35-18-17-27(4)41(57-35)31(8)39(50)30(7)40(51)34(15-2)42-28(5)25-29(6)47(59-42)22-20-37(55-26-38(49)58-44(10,11)12)48(61-47)24-23-45(13,60-48)36-19-21-46(54,16-3)32(9)56-36/h20,22,27-37,39,41-42,50,54H,14-19,21,23-26H2,1-13H3,(H,52,53)/t27-,28-,29+,30-,31-,32-,33+,34-,35+,36+,37+,39+,41+,42-,45-,46+,47-,48-/m0/s1. The smallest absolute Gasteiger partial charge is 0.332 e. The van der Waals surface area contributed by atoms with Gasteiger partial charge >= 0.3 is 11.9 Å². The van der Waals surface area contributed by atoms with Crippen LogP contribution < -0.4 is 0 Å². The van der Waals surface area contributed by atoms with E-state index in [0.29, 0.717) is 57.8 Å². The Morgan fingerprint density at radius 1 is 0.885 bits per heavy atom. The van der Waals surface area contributed by atoms with Crippen molar-refractivity contribution in [3.8, 4) is 0 Å². The zero-order valence-corrected chi connectivity index (χ0v) is 39.4. The lowest BCUT2D eigenvalue weighted by atomic mass is 9.72. The van der Waals surface area contributed by atoms with Crippen LogP contribution >= 0.6 is 0 Å². The number of hydrogen-bond acceptors (Lipinski definition) is 12. The zero-order valence-electron chi connectivity index (χ0n) is 39.4. The second-order valence-corrected chi connectivity index (χ2v) is 20.8. The second-order valence-electron chi connectivity index (χ2n) is 20.8. The molecule has 2 spiro atoms. The highest BCUT2D eigenvalue weighted by Gasteiger charge is 2.64. The average Bonchev–Trinajstić information content (AvgIpc) is 3.53. The van der Waals surface area contributed by atoms with Crippen LogP contribution in [0.5, 0.6) is 0 Å². The number of carboxylic acid groups (broad SMARTS) is 1. The molecule has 0 aromatic rings. The van der Waals surface area contributed by atoms with Gasteiger partial charge in [-0.3, -0.25) is 9.59 Å². The summed E-state index contributed by atoms with van der Waals surface area (Å²) in [4.78, 5) is 39.6. The fourth-order valence-electron chi connectivity index (χ4n) is 11.2. The summed E-state index contributed by atoms with van der Waals surface area (Å²) in [5.41, 5.74) is -2.43. The number of aliphatic carboxylic acids is 1. The minimum atomic E-state index is -1.38. The first kappa shape index (κ1) is 50.0. The van der Waals surface area contributed by atoms with E-state index in [-0.39, 0.29) is 36.2 Å². The number of esters is 1. The maximum atomic E-state index is 14.7. The van der Waals surface area contributed by atoms with E-state index in [1.165, 1.54) is 0 Å². The van der Waals surface area contributed by atoms with Gasteiger partial charge in [-0.15, -0.1) is 0 Å². The third-order valence-electron chi connectivity index (χ3n) is 15.2. The Kier molecular flexibility index (Phi) is 15.8. The number of aliphatic hydroxyl groups excluding tert-OH is 1. The Hall–Kier alpha value is -1.97. The van der Waals surface area contributed by atoms with E-state index in [2.05, 4.69) is 20.8 Å². The summed E-state index contributed by atoms with van der Waals surface area (Å²) in [7, 11) is 0. The van der Waals surface area contributed by atoms with E-state index < -0.39 is 101 Å².